The lowest BCUT2D eigenvalue weighted by Crippen LogP contribution is -2.63. The first-order valence-corrected chi connectivity index (χ1v) is 22.2. The van der Waals surface area contributed by atoms with Crippen LogP contribution in [0.1, 0.15) is 33.4 Å². The van der Waals surface area contributed by atoms with Crippen molar-refractivity contribution in [3.05, 3.63) is 237 Å². The Morgan fingerprint density at radius 1 is 0.424 bits per heavy atom. The van der Waals surface area contributed by atoms with Gasteiger partial charge in [-0.1, -0.05) is 182 Å². The molecule has 0 saturated carbocycles. The summed E-state index contributed by atoms with van der Waals surface area (Å²) in [5.41, 5.74) is 5.22. The molecule has 0 spiro atoms. The standard InChI is InChI=1S/C54H55NO11/c56-55(57)46-37-60-47(38-58-31-40-19-7-1-8-20-40)50(61-33-42-23-11-3-12-24-42)49(46)66-54-53(64-36-45-29-17-6-18-30-45)52(63-35-44-27-15-5-16-28-44)51(62-34-43-25-13-4-14-26-43)48(65-54)39-59-32-41-21-9-2-10-22-41/h1-30,37,47-54H,31-36,38-39H2/t47-,48-,49-,50+,51+,52+,53-,54-/m1/s1. The minimum atomic E-state index is -1.32. The van der Waals surface area contributed by atoms with Crippen molar-refractivity contribution in [2.45, 2.75) is 88.7 Å². The number of ether oxygens (including phenoxy) is 9. The molecular weight excluding hydrogens is 839 g/mol. The van der Waals surface area contributed by atoms with Gasteiger partial charge in [0.25, 0.3) is 0 Å². The van der Waals surface area contributed by atoms with Crippen LogP contribution >= 0.6 is 0 Å². The maximum Gasteiger partial charge on any atom is 0.311 e. The molecule has 6 aromatic rings. The average molecular weight is 894 g/mol. The molecule has 8 atom stereocenters. The van der Waals surface area contributed by atoms with E-state index in [0.717, 1.165) is 39.6 Å². The monoisotopic (exact) mass is 893 g/mol. The number of hydrogen-bond acceptors (Lipinski definition) is 11. The first kappa shape index (κ1) is 46.5. The molecule has 66 heavy (non-hydrogen) atoms. The summed E-state index contributed by atoms with van der Waals surface area (Å²) in [4.78, 5) is 12.5. The molecule has 12 heteroatoms. The zero-order valence-corrected chi connectivity index (χ0v) is 36.6. The Bertz CT molecular complexity index is 2340. The molecule has 12 nitrogen and oxygen atoms in total. The van der Waals surface area contributed by atoms with Gasteiger partial charge in [0.2, 0.25) is 0 Å². The number of rotatable bonds is 23. The van der Waals surface area contributed by atoms with Crippen LogP contribution in [-0.4, -0.2) is 67.2 Å². The van der Waals surface area contributed by atoms with E-state index >= 15 is 0 Å². The summed E-state index contributed by atoms with van der Waals surface area (Å²) in [6.07, 6.45) is -6.68. The molecule has 1 fully saturated rings. The molecule has 2 aliphatic heterocycles. The second-order valence-electron chi connectivity index (χ2n) is 16.1. The normalized spacial score (nSPS) is 22.8. The minimum Gasteiger partial charge on any atom is -0.486 e. The van der Waals surface area contributed by atoms with Gasteiger partial charge in [-0.3, -0.25) is 10.1 Å². The molecule has 8 rings (SSSR count). The Hall–Kier alpha value is -6.06. The Morgan fingerprint density at radius 3 is 1.18 bits per heavy atom. The van der Waals surface area contributed by atoms with Crippen LogP contribution in [0.3, 0.4) is 0 Å². The van der Waals surface area contributed by atoms with Crippen LogP contribution in [0.25, 0.3) is 0 Å². The molecule has 0 unspecified atom stereocenters. The van der Waals surface area contributed by atoms with Crippen LogP contribution < -0.4 is 0 Å². The molecule has 0 aliphatic carbocycles. The van der Waals surface area contributed by atoms with Gasteiger partial charge in [-0.15, -0.1) is 0 Å². The molecule has 6 aromatic carbocycles. The van der Waals surface area contributed by atoms with Crippen LogP contribution in [0.4, 0.5) is 0 Å². The number of hydrogen-bond donors (Lipinski definition) is 0. The van der Waals surface area contributed by atoms with E-state index in [9.17, 15) is 10.1 Å². The Morgan fingerprint density at radius 2 is 0.773 bits per heavy atom. The van der Waals surface area contributed by atoms with E-state index in [1.807, 2.05) is 182 Å². The summed E-state index contributed by atoms with van der Waals surface area (Å²) in [6, 6.07) is 58.6. The Kier molecular flexibility index (Phi) is 17.2. The third-order valence-corrected chi connectivity index (χ3v) is 11.3. The van der Waals surface area contributed by atoms with Crippen molar-refractivity contribution < 1.29 is 47.6 Å². The smallest absolute Gasteiger partial charge is 0.311 e. The van der Waals surface area contributed by atoms with Crippen molar-refractivity contribution in [2.24, 2.45) is 0 Å². The molecular formula is C54H55NO11. The zero-order valence-electron chi connectivity index (χ0n) is 36.6. The van der Waals surface area contributed by atoms with Gasteiger partial charge in [0.05, 0.1) is 57.8 Å². The topological polar surface area (TPSA) is 126 Å². The van der Waals surface area contributed by atoms with E-state index in [1.54, 1.807) is 0 Å². The molecule has 342 valence electrons. The molecule has 0 bridgehead atoms. The summed E-state index contributed by atoms with van der Waals surface area (Å²) < 4.78 is 59.8. The zero-order chi connectivity index (χ0) is 45.2. The third kappa shape index (κ3) is 13.3. The summed E-state index contributed by atoms with van der Waals surface area (Å²) in [7, 11) is 0. The predicted octanol–water partition coefficient (Wildman–Crippen LogP) is 9.39. The molecule has 1 saturated heterocycles. The quantitative estimate of drug-likeness (QED) is 0.0451. The largest absolute Gasteiger partial charge is 0.486 e. The number of nitrogens with zero attached hydrogens (tertiary/aromatic N) is 1. The van der Waals surface area contributed by atoms with E-state index in [2.05, 4.69) is 0 Å². The summed E-state index contributed by atoms with van der Waals surface area (Å²) in [5, 5.41) is 13.0. The summed E-state index contributed by atoms with van der Waals surface area (Å²) in [6.45, 7) is 1.41. The maximum atomic E-state index is 13.0. The van der Waals surface area contributed by atoms with Crippen LogP contribution in [-0.2, 0) is 82.3 Å². The molecule has 0 N–H and O–H groups in total. The minimum absolute atomic E-state index is 0.0450. The van der Waals surface area contributed by atoms with Gasteiger partial charge >= 0.3 is 5.70 Å². The van der Waals surface area contributed by atoms with Gasteiger partial charge < -0.3 is 42.6 Å². The predicted molar refractivity (Wildman–Crippen MR) is 246 cm³/mol. The second-order valence-corrected chi connectivity index (χ2v) is 16.1. The SMILES string of the molecule is O=[N+]([O-])C1=CO[C@H](COCc2ccccc2)[C@H](OCc2ccccc2)[C@@H]1O[C@H]1O[C@H](COCc2ccccc2)[C@H](OCc2ccccc2)[C@H](OCc2ccccc2)[C@H]1OCc1ccccc1. The maximum absolute atomic E-state index is 13.0. The molecule has 2 aliphatic rings. The van der Waals surface area contributed by atoms with Crippen LogP contribution in [0.2, 0.25) is 0 Å². The lowest BCUT2D eigenvalue weighted by Gasteiger charge is -2.47. The molecule has 2 heterocycles. The van der Waals surface area contributed by atoms with Crippen molar-refractivity contribution in [1.82, 2.24) is 0 Å². The highest BCUT2D eigenvalue weighted by molar-refractivity contribution is 5.18. The lowest BCUT2D eigenvalue weighted by atomic mass is 9.97. The fourth-order valence-corrected chi connectivity index (χ4v) is 7.92. The summed E-state index contributed by atoms with van der Waals surface area (Å²) in [5.74, 6) is 0. The average Bonchev–Trinajstić information content (AvgIpc) is 3.36. The van der Waals surface area contributed by atoms with Crippen molar-refractivity contribution in [3.8, 4) is 0 Å². The van der Waals surface area contributed by atoms with Crippen molar-refractivity contribution in [1.29, 1.82) is 0 Å². The first-order chi connectivity index (χ1) is 32.6. The molecule has 0 radical (unpaired) electrons. The highest BCUT2D eigenvalue weighted by atomic mass is 16.7. The van der Waals surface area contributed by atoms with Gasteiger partial charge in [-0.05, 0) is 33.4 Å². The van der Waals surface area contributed by atoms with Gasteiger partial charge in [-0.25, -0.2) is 0 Å². The van der Waals surface area contributed by atoms with E-state index in [4.69, 9.17) is 42.6 Å². The molecule has 0 amide bonds. The van der Waals surface area contributed by atoms with Gasteiger partial charge in [0.1, 0.15) is 30.5 Å². The van der Waals surface area contributed by atoms with Crippen LogP contribution in [0.15, 0.2) is 194 Å². The van der Waals surface area contributed by atoms with Crippen molar-refractivity contribution in [3.63, 3.8) is 0 Å². The highest BCUT2D eigenvalue weighted by Gasteiger charge is 2.53. The van der Waals surface area contributed by atoms with Gasteiger partial charge in [-0.2, -0.15) is 0 Å². The first-order valence-electron chi connectivity index (χ1n) is 22.2. The number of nitro groups is 1. The Labute approximate surface area is 385 Å². The van der Waals surface area contributed by atoms with Gasteiger partial charge in [0, 0.05) is 0 Å². The van der Waals surface area contributed by atoms with Crippen molar-refractivity contribution >= 4 is 0 Å². The fourth-order valence-electron chi connectivity index (χ4n) is 7.92. The van der Waals surface area contributed by atoms with E-state index in [0.29, 0.717) is 13.2 Å². The van der Waals surface area contributed by atoms with Crippen LogP contribution in [0.5, 0.6) is 0 Å². The number of benzene rings is 6. The second kappa shape index (κ2) is 24.5. The fraction of sp³-hybridized carbons (Fsp3) is 0.296. The van der Waals surface area contributed by atoms with E-state index in [-0.39, 0.29) is 45.3 Å². The van der Waals surface area contributed by atoms with E-state index < -0.39 is 53.9 Å². The summed E-state index contributed by atoms with van der Waals surface area (Å²) >= 11 is 0. The Balaban J connectivity index is 1.15. The third-order valence-electron chi connectivity index (χ3n) is 11.3. The van der Waals surface area contributed by atoms with Crippen LogP contribution in [0, 0.1) is 10.1 Å². The van der Waals surface area contributed by atoms with Gasteiger partial charge in [0.15, 0.2) is 24.8 Å². The molecule has 0 aromatic heterocycles. The van der Waals surface area contributed by atoms with Crippen molar-refractivity contribution in [2.75, 3.05) is 13.2 Å². The highest BCUT2D eigenvalue weighted by Crippen LogP contribution is 2.36. The van der Waals surface area contributed by atoms with E-state index in [1.165, 1.54) is 0 Å². The lowest BCUT2D eigenvalue weighted by molar-refractivity contribution is -0.454.